The Labute approximate surface area is 105 Å². The van der Waals surface area contributed by atoms with Crippen LogP contribution in [-0.2, 0) is 9.53 Å². The molecule has 0 aromatic heterocycles. The SMILES string of the molecule is COC(=O)C(O)c1cc(Br)c(O)c(F)c1OC. The highest BCUT2D eigenvalue weighted by molar-refractivity contribution is 9.10. The number of phenolic OH excluding ortho intramolecular Hbond substituents is 1. The Bertz CT molecular complexity index is 449. The molecule has 5 nitrogen and oxygen atoms in total. The molecule has 0 fully saturated rings. The molecule has 0 heterocycles. The Hall–Kier alpha value is -1.34. The lowest BCUT2D eigenvalue weighted by molar-refractivity contribution is -0.150. The molecule has 1 unspecified atom stereocenters. The van der Waals surface area contributed by atoms with E-state index in [0.717, 1.165) is 14.2 Å². The molecule has 1 aromatic carbocycles. The smallest absolute Gasteiger partial charge is 0.339 e. The molecule has 0 aliphatic carbocycles. The van der Waals surface area contributed by atoms with Crippen LogP contribution in [-0.4, -0.2) is 30.4 Å². The maximum absolute atomic E-state index is 13.6. The second kappa shape index (κ2) is 5.33. The second-order valence-electron chi connectivity index (χ2n) is 3.07. The number of phenols is 1. The van der Waals surface area contributed by atoms with Crippen molar-refractivity contribution in [3.63, 3.8) is 0 Å². The number of aromatic hydroxyl groups is 1. The maximum atomic E-state index is 13.6. The van der Waals surface area contributed by atoms with Gasteiger partial charge in [-0.05, 0) is 22.0 Å². The number of aliphatic hydroxyl groups excluding tert-OH is 1. The van der Waals surface area contributed by atoms with Crippen LogP contribution < -0.4 is 4.74 Å². The minimum atomic E-state index is -1.69. The van der Waals surface area contributed by atoms with Crippen molar-refractivity contribution < 1.29 is 28.9 Å². The van der Waals surface area contributed by atoms with Gasteiger partial charge in [-0.25, -0.2) is 4.79 Å². The van der Waals surface area contributed by atoms with Crippen molar-refractivity contribution in [2.24, 2.45) is 0 Å². The Balaban J connectivity index is 3.37. The molecule has 0 bridgehead atoms. The number of halogens is 2. The first-order chi connectivity index (χ1) is 7.93. The predicted octanol–water partition coefficient (Wildman–Crippen LogP) is 1.51. The first-order valence-corrected chi connectivity index (χ1v) is 5.24. The number of aliphatic hydroxyl groups is 1. The van der Waals surface area contributed by atoms with Gasteiger partial charge in [0.05, 0.1) is 18.7 Å². The topological polar surface area (TPSA) is 76.0 Å². The number of hydrogen-bond acceptors (Lipinski definition) is 5. The molecule has 0 aliphatic rings. The van der Waals surface area contributed by atoms with Crippen LogP contribution in [0.25, 0.3) is 0 Å². The van der Waals surface area contributed by atoms with Crippen molar-refractivity contribution >= 4 is 21.9 Å². The number of methoxy groups -OCH3 is 2. The van der Waals surface area contributed by atoms with E-state index in [2.05, 4.69) is 20.7 Å². The Morgan fingerprint density at radius 2 is 2.12 bits per heavy atom. The molecule has 17 heavy (non-hydrogen) atoms. The van der Waals surface area contributed by atoms with Crippen LogP contribution in [0.1, 0.15) is 11.7 Å². The number of hydrogen-bond donors (Lipinski definition) is 2. The minimum Gasteiger partial charge on any atom is -0.504 e. The van der Waals surface area contributed by atoms with Crippen LogP contribution in [0.4, 0.5) is 4.39 Å². The minimum absolute atomic E-state index is 0.00578. The van der Waals surface area contributed by atoms with E-state index in [1.807, 2.05) is 0 Å². The molecule has 0 spiro atoms. The van der Waals surface area contributed by atoms with Gasteiger partial charge in [0.2, 0.25) is 5.82 Å². The largest absolute Gasteiger partial charge is 0.504 e. The summed E-state index contributed by atoms with van der Waals surface area (Å²) in [4.78, 5) is 11.2. The fourth-order valence-corrected chi connectivity index (χ4v) is 1.68. The van der Waals surface area contributed by atoms with E-state index in [0.29, 0.717) is 0 Å². The quantitative estimate of drug-likeness (QED) is 0.828. The van der Waals surface area contributed by atoms with E-state index in [-0.39, 0.29) is 10.0 Å². The summed E-state index contributed by atoms with van der Waals surface area (Å²) in [6.45, 7) is 0. The number of esters is 1. The summed E-state index contributed by atoms with van der Waals surface area (Å²) in [5, 5.41) is 18.9. The first kappa shape index (κ1) is 13.7. The molecular formula is C10H10BrFO5. The van der Waals surface area contributed by atoms with Crippen LogP contribution in [0.5, 0.6) is 11.5 Å². The lowest BCUT2D eigenvalue weighted by Crippen LogP contribution is -2.15. The van der Waals surface area contributed by atoms with E-state index >= 15 is 0 Å². The summed E-state index contributed by atoms with van der Waals surface area (Å²) < 4.78 is 22.6. The number of rotatable bonds is 3. The van der Waals surface area contributed by atoms with Gasteiger partial charge in [-0.1, -0.05) is 0 Å². The van der Waals surface area contributed by atoms with Gasteiger partial charge in [0.15, 0.2) is 17.6 Å². The summed E-state index contributed by atoms with van der Waals surface area (Å²) in [7, 11) is 2.24. The lowest BCUT2D eigenvalue weighted by Gasteiger charge is -2.15. The third-order valence-corrected chi connectivity index (χ3v) is 2.71. The molecule has 94 valence electrons. The van der Waals surface area contributed by atoms with Gasteiger partial charge in [0.1, 0.15) is 0 Å². The standard InChI is InChI=1S/C10H10BrFO5/c1-16-9-4(7(13)10(15)17-2)3-5(11)8(14)6(9)12/h3,7,13-14H,1-2H3. The highest BCUT2D eigenvalue weighted by atomic mass is 79.9. The zero-order valence-electron chi connectivity index (χ0n) is 9.03. The molecule has 1 rings (SSSR count). The average molecular weight is 309 g/mol. The van der Waals surface area contributed by atoms with Crippen LogP contribution >= 0.6 is 15.9 Å². The van der Waals surface area contributed by atoms with Crippen LogP contribution in [0.3, 0.4) is 0 Å². The summed E-state index contributed by atoms with van der Waals surface area (Å²) in [5.74, 6) is -3.11. The average Bonchev–Trinajstić information content (AvgIpc) is 2.33. The molecule has 1 aromatic rings. The Morgan fingerprint density at radius 3 is 2.59 bits per heavy atom. The lowest BCUT2D eigenvalue weighted by atomic mass is 10.1. The van der Waals surface area contributed by atoms with Crippen molar-refractivity contribution in [2.45, 2.75) is 6.10 Å². The van der Waals surface area contributed by atoms with E-state index in [9.17, 15) is 19.4 Å². The fourth-order valence-electron chi connectivity index (χ4n) is 1.26. The molecule has 0 amide bonds. The number of carbonyl (C=O) groups excluding carboxylic acids is 1. The normalized spacial score (nSPS) is 12.1. The second-order valence-corrected chi connectivity index (χ2v) is 3.92. The van der Waals surface area contributed by atoms with Crippen LogP contribution in [0.2, 0.25) is 0 Å². The summed E-state index contributed by atoms with van der Waals surface area (Å²) in [6.07, 6.45) is -1.69. The fraction of sp³-hybridized carbons (Fsp3) is 0.300. The first-order valence-electron chi connectivity index (χ1n) is 4.44. The van der Waals surface area contributed by atoms with Gasteiger partial charge in [0, 0.05) is 5.56 Å². The molecule has 0 aliphatic heterocycles. The Kier molecular flexibility index (Phi) is 4.30. The Morgan fingerprint density at radius 1 is 1.53 bits per heavy atom. The third-order valence-electron chi connectivity index (χ3n) is 2.10. The van der Waals surface area contributed by atoms with Crippen molar-refractivity contribution in [1.29, 1.82) is 0 Å². The molecule has 7 heteroatoms. The maximum Gasteiger partial charge on any atom is 0.339 e. The van der Waals surface area contributed by atoms with Crippen LogP contribution in [0, 0.1) is 5.82 Å². The molecule has 0 saturated carbocycles. The van der Waals surface area contributed by atoms with Crippen LogP contribution in [0.15, 0.2) is 10.5 Å². The molecule has 0 saturated heterocycles. The van der Waals surface area contributed by atoms with Crippen molar-refractivity contribution in [1.82, 2.24) is 0 Å². The third kappa shape index (κ3) is 2.50. The number of ether oxygens (including phenoxy) is 2. The van der Waals surface area contributed by atoms with Gasteiger partial charge < -0.3 is 19.7 Å². The van der Waals surface area contributed by atoms with Gasteiger partial charge in [-0.2, -0.15) is 4.39 Å². The summed E-state index contributed by atoms with van der Waals surface area (Å²) in [5.41, 5.74) is -0.137. The number of carbonyl (C=O) groups is 1. The van der Waals surface area contributed by atoms with Gasteiger partial charge >= 0.3 is 5.97 Å². The molecule has 1 atom stereocenters. The van der Waals surface area contributed by atoms with Crippen molar-refractivity contribution in [3.8, 4) is 11.5 Å². The van der Waals surface area contributed by atoms with E-state index in [1.54, 1.807) is 0 Å². The summed E-state index contributed by atoms with van der Waals surface area (Å²) >= 11 is 2.89. The summed E-state index contributed by atoms with van der Waals surface area (Å²) in [6, 6.07) is 1.18. The highest BCUT2D eigenvalue weighted by Gasteiger charge is 2.27. The molecule has 0 radical (unpaired) electrons. The van der Waals surface area contributed by atoms with Gasteiger partial charge in [-0.15, -0.1) is 0 Å². The van der Waals surface area contributed by atoms with Gasteiger partial charge in [-0.3, -0.25) is 0 Å². The predicted molar refractivity (Wildman–Crippen MR) is 59.3 cm³/mol. The number of benzene rings is 1. The zero-order chi connectivity index (χ0) is 13.2. The molecular weight excluding hydrogens is 299 g/mol. The highest BCUT2D eigenvalue weighted by Crippen LogP contribution is 2.39. The van der Waals surface area contributed by atoms with Gasteiger partial charge in [0.25, 0.3) is 0 Å². The van der Waals surface area contributed by atoms with Crippen molar-refractivity contribution in [2.75, 3.05) is 14.2 Å². The van der Waals surface area contributed by atoms with Crippen molar-refractivity contribution in [3.05, 3.63) is 21.9 Å². The van der Waals surface area contributed by atoms with E-state index < -0.39 is 29.4 Å². The van der Waals surface area contributed by atoms with E-state index in [4.69, 9.17) is 4.74 Å². The monoisotopic (exact) mass is 308 g/mol. The molecule has 2 N–H and O–H groups in total. The zero-order valence-corrected chi connectivity index (χ0v) is 10.6. The van der Waals surface area contributed by atoms with E-state index in [1.165, 1.54) is 6.07 Å².